The third-order valence-electron chi connectivity index (χ3n) is 3.54. The Labute approximate surface area is 149 Å². The van der Waals surface area contributed by atoms with Gasteiger partial charge in [0, 0.05) is 5.56 Å². The van der Waals surface area contributed by atoms with Gasteiger partial charge in [0.1, 0.15) is 11.5 Å². The molecule has 0 bridgehead atoms. The maximum atomic E-state index is 12.2. The number of aromatic amines is 1. The van der Waals surface area contributed by atoms with E-state index >= 15 is 0 Å². The molecule has 0 fully saturated rings. The van der Waals surface area contributed by atoms with Gasteiger partial charge in [-0.2, -0.15) is 5.10 Å². The van der Waals surface area contributed by atoms with Crippen molar-refractivity contribution in [1.82, 2.24) is 15.2 Å². The molecule has 0 unspecified atom stereocenters. The van der Waals surface area contributed by atoms with Crippen molar-refractivity contribution >= 4 is 12.2 Å². The number of ether oxygens (including phenoxy) is 2. The first-order valence-electron chi connectivity index (χ1n) is 7.74. The van der Waals surface area contributed by atoms with Gasteiger partial charge >= 0.3 is 0 Å². The molecule has 3 aromatic rings. The molecule has 0 aliphatic heterocycles. The molecule has 0 spiro atoms. The number of H-pyrrole nitrogens is 1. The zero-order chi connectivity index (χ0) is 18.4. The Morgan fingerprint density at radius 3 is 2.50 bits per heavy atom. The largest absolute Gasteiger partial charge is 0.497 e. The fourth-order valence-electron chi connectivity index (χ4n) is 2.21. The van der Waals surface area contributed by atoms with Crippen molar-refractivity contribution in [2.45, 2.75) is 0 Å². The minimum absolute atomic E-state index is 0.145. The molecule has 0 aliphatic rings. The summed E-state index contributed by atoms with van der Waals surface area (Å²) >= 11 is 0. The lowest BCUT2D eigenvalue weighted by molar-refractivity contribution is 0.414. The van der Waals surface area contributed by atoms with E-state index in [9.17, 15) is 4.79 Å². The van der Waals surface area contributed by atoms with Crippen LogP contribution in [-0.2, 0) is 0 Å². The van der Waals surface area contributed by atoms with Crippen LogP contribution in [0.4, 0.5) is 5.95 Å². The van der Waals surface area contributed by atoms with Crippen LogP contribution < -0.4 is 20.5 Å². The predicted molar refractivity (Wildman–Crippen MR) is 98.9 cm³/mol. The highest BCUT2D eigenvalue weighted by molar-refractivity contribution is 5.80. The summed E-state index contributed by atoms with van der Waals surface area (Å²) < 4.78 is 10.2. The van der Waals surface area contributed by atoms with E-state index in [-0.39, 0.29) is 17.2 Å². The monoisotopic (exact) mass is 351 g/mol. The molecule has 26 heavy (non-hydrogen) atoms. The number of methoxy groups -OCH3 is 2. The lowest BCUT2D eigenvalue weighted by Crippen LogP contribution is -2.15. The van der Waals surface area contributed by atoms with Crippen LogP contribution in [0.1, 0.15) is 5.56 Å². The number of aromatic nitrogens is 3. The molecule has 2 aromatic carbocycles. The number of hydrogen-bond acceptors (Lipinski definition) is 7. The average molecular weight is 351 g/mol. The van der Waals surface area contributed by atoms with Crippen molar-refractivity contribution in [1.29, 1.82) is 0 Å². The first-order chi connectivity index (χ1) is 12.7. The van der Waals surface area contributed by atoms with Crippen molar-refractivity contribution < 1.29 is 9.47 Å². The van der Waals surface area contributed by atoms with Crippen molar-refractivity contribution in [2.24, 2.45) is 5.10 Å². The molecule has 0 radical (unpaired) electrons. The van der Waals surface area contributed by atoms with Crippen molar-refractivity contribution in [2.75, 3.05) is 19.6 Å². The average Bonchev–Trinajstić information content (AvgIpc) is 2.68. The topological polar surface area (TPSA) is 101 Å². The molecule has 132 valence electrons. The third kappa shape index (κ3) is 4.04. The SMILES string of the molecule is COc1ccc(-c2nnc(N/N=C/c3cccc(OC)c3)[nH]c2=O)cc1. The van der Waals surface area contributed by atoms with Gasteiger partial charge in [-0.3, -0.25) is 9.78 Å². The molecule has 8 nitrogen and oxygen atoms in total. The lowest BCUT2D eigenvalue weighted by Gasteiger charge is -2.03. The predicted octanol–water partition coefficient (Wildman–Crippen LogP) is 2.30. The highest BCUT2D eigenvalue weighted by Crippen LogP contribution is 2.17. The van der Waals surface area contributed by atoms with Crippen LogP contribution in [0.2, 0.25) is 0 Å². The van der Waals surface area contributed by atoms with Crippen LogP contribution in [0, 0.1) is 0 Å². The number of rotatable bonds is 6. The Morgan fingerprint density at radius 2 is 1.81 bits per heavy atom. The van der Waals surface area contributed by atoms with Gasteiger partial charge in [0.15, 0.2) is 5.69 Å². The summed E-state index contributed by atoms with van der Waals surface area (Å²) in [6, 6.07) is 14.4. The van der Waals surface area contributed by atoms with E-state index in [0.29, 0.717) is 11.3 Å². The summed E-state index contributed by atoms with van der Waals surface area (Å²) in [5, 5.41) is 11.9. The quantitative estimate of drug-likeness (QED) is 0.522. The summed E-state index contributed by atoms with van der Waals surface area (Å²) in [6.07, 6.45) is 1.58. The van der Waals surface area contributed by atoms with E-state index in [1.54, 1.807) is 44.7 Å². The maximum Gasteiger partial charge on any atom is 0.279 e. The van der Waals surface area contributed by atoms with Crippen LogP contribution >= 0.6 is 0 Å². The molecule has 0 aliphatic carbocycles. The number of hydrazone groups is 1. The molecule has 8 heteroatoms. The summed E-state index contributed by atoms with van der Waals surface area (Å²) in [6.45, 7) is 0. The number of hydrogen-bond donors (Lipinski definition) is 2. The normalized spacial score (nSPS) is 10.7. The smallest absolute Gasteiger partial charge is 0.279 e. The van der Waals surface area contributed by atoms with Gasteiger partial charge in [-0.15, -0.1) is 10.2 Å². The number of nitrogens with one attached hydrogen (secondary N) is 2. The number of anilines is 1. The van der Waals surface area contributed by atoms with Gasteiger partial charge in [-0.05, 0) is 42.0 Å². The van der Waals surface area contributed by atoms with Crippen LogP contribution in [0.3, 0.4) is 0 Å². The van der Waals surface area contributed by atoms with Gasteiger partial charge < -0.3 is 9.47 Å². The Balaban J connectivity index is 1.72. The minimum atomic E-state index is -0.371. The second-order valence-electron chi connectivity index (χ2n) is 5.23. The van der Waals surface area contributed by atoms with E-state index in [2.05, 4.69) is 25.7 Å². The van der Waals surface area contributed by atoms with Gasteiger partial charge in [-0.1, -0.05) is 12.1 Å². The summed E-state index contributed by atoms with van der Waals surface area (Å²) in [5.74, 6) is 1.57. The molecule has 0 amide bonds. The minimum Gasteiger partial charge on any atom is -0.497 e. The van der Waals surface area contributed by atoms with Crippen LogP contribution in [0.5, 0.6) is 11.5 Å². The second kappa shape index (κ2) is 7.93. The van der Waals surface area contributed by atoms with Gasteiger partial charge in [0.05, 0.1) is 20.4 Å². The molecule has 1 heterocycles. The van der Waals surface area contributed by atoms with Crippen LogP contribution in [-0.4, -0.2) is 35.6 Å². The van der Waals surface area contributed by atoms with Crippen LogP contribution in [0.25, 0.3) is 11.3 Å². The van der Waals surface area contributed by atoms with Gasteiger partial charge in [-0.25, -0.2) is 5.43 Å². The van der Waals surface area contributed by atoms with Crippen molar-refractivity contribution in [3.8, 4) is 22.8 Å². The Bertz CT molecular complexity index is 967. The van der Waals surface area contributed by atoms with E-state index in [4.69, 9.17) is 9.47 Å². The van der Waals surface area contributed by atoms with E-state index in [1.807, 2.05) is 24.3 Å². The second-order valence-corrected chi connectivity index (χ2v) is 5.23. The fraction of sp³-hybridized carbons (Fsp3) is 0.111. The van der Waals surface area contributed by atoms with Crippen molar-refractivity contribution in [3.05, 3.63) is 64.4 Å². The fourth-order valence-corrected chi connectivity index (χ4v) is 2.21. The number of nitrogens with zero attached hydrogens (tertiary/aromatic N) is 3. The molecular formula is C18H17N5O3. The molecule has 1 aromatic heterocycles. The Hall–Kier alpha value is -3.68. The van der Waals surface area contributed by atoms with E-state index < -0.39 is 0 Å². The van der Waals surface area contributed by atoms with Gasteiger partial charge in [0.25, 0.3) is 5.56 Å². The van der Waals surface area contributed by atoms with Gasteiger partial charge in [0.2, 0.25) is 5.95 Å². The third-order valence-corrected chi connectivity index (χ3v) is 3.54. The standard InChI is InChI=1S/C18H17N5O3/c1-25-14-8-6-13(7-9-14)16-17(24)20-18(23-21-16)22-19-11-12-4-3-5-15(10-12)26-2/h3-11H,1-2H3,(H2,20,22,23,24)/b19-11+. The Kier molecular flexibility index (Phi) is 5.23. The van der Waals surface area contributed by atoms with E-state index in [0.717, 1.165) is 11.3 Å². The molecular weight excluding hydrogens is 334 g/mol. The van der Waals surface area contributed by atoms with E-state index in [1.165, 1.54) is 0 Å². The molecule has 0 saturated heterocycles. The first kappa shape index (κ1) is 17.2. The molecule has 0 atom stereocenters. The number of benzene rings is 2. The van der Waals surface area contributed by atoms with Crippen molar-refractivity contribution in [3.63, 3.8) is 0 Å². The molecule has 2 N–H and O–H groups in total. The summed E-state index contributed by atoms with van der Waals surface area (Å²) in [5.41, 5.74) is 3.97. The summed E-state index contributed by atoms with van der Waals surface area (Å²) in [7, 11) is 3.17. The molecule has 3 rings (SSSR count). The maximum absolute atomic E-state index is 12.2. The highest BCUT2D eigenvalue weighted by atomic mass is 16.5. The van der Waals surface area contributed by atoms with Crippen LogP contribution in [0.15, 0.2) is 58.4 Å². The first-order valence-corrected chi connectivity index (χ1v) is 7.74. The lowest BCUT2D eigenvalue weighted by atomic mass is 10.1. The molecule has 0 saturated carbocycles. The zero-order valence-corrected chi connectivity index (χ0v) is 14.3. The highest BCUT2D eigenvalue weighted by Gasteiger charge is 2.07. The summed E-state index contributed by atoms with van der Waals surface area (Å²) in [4.78, 5) is 14.8. The Morgan fingerprint density at radius 1 is 1.04 bits per heavy atom. The zero-order valence-electron chi connectivity index (χ0n) is 14.3.